The number of aryl methyl sites for hydroxylation is 3. The molecular weight excluding hydrogens is 238 g/mol. The average Bonchev–Trinajstić information content (AvgIpc) is 2.96. The van der Waals surface area contributed by atoms with Crippen molar-refractivity contribution in [3.05, 3.63) is 40.5 Å². The highest BCUT2D eigenvalue weighted by molar-refractivity contribution is 5.31. The van der Waals surface area contributed by atoms with Crippen molar-refractivity contribution in [3.63, 3.8) is 0 Å². The first-order valence-corrected chi connectivity index (χ1v) is 6.96. The van der Waals surface area contributed by atoms with Gasteiger partial charge in [-0.3, -0.25) is 0 Å². The minimum Gasteiger partial charge on any atom is -0.361 e. The molecule has 2 aromatic heterocycles. The predicted molar refractivity (Wildman–Crippen MR) is 74.2 cm³/mol. The lowest BCUT2D eigenvalue weighted by Gasteiger charge is -2.21. The van der Waals surface area contributed by atoms with E-state index in [0.29, 0.717) is 6.04 Å². The van der Waals surface area contributed by atoms with Crippen molar-refractivity contribution in [1.29, 1.82) is 0 Å². The van der Waals surface area contributed by atoms with Crippen molar-refractivity contribution in [2.75, 3.05) is 7.05 Å². The molecule has 3 rings (SSSR count). The number of nitrogens with zero attached hydrogens (tertiary/aromatic N) is 2. The maximum atomic E-state index is 5.24. The monoisotopic (exact) mass is 259 g/mol. The van der Waals surface area contributed by atoms with E-state index in [4.69, 9.17) is 4.52 Å². The van der Waals surface area contributed by atoms with Crippen LogP contribution in [0.5, 0.6) is 0 Å². The molecule has 1 N–H and O–H groups in total. The fourth-order valence-electron chi connectivity index (χ4n) is 3.05. The highest BCUT2D eigenvalue weighted by Gasteiger charge is 2.21. The molecule has 2 heterocycles. The van der Waals surface area contributed by atoms with Crippen LogP contribution in [-0.2, 0) is 13.0 Å². The highest BCUT2D eigenvalue weighted by Crippen LogP contribution is 2.30. The Hall–Kier alpha value is -1.55. The summed E-state index contributed by atoms with van der Waals surface area (Å²) in [7, 11) is 2.05. The molecule has 0 aromatic carbocycles. The maximum absolute atomic E-state index is 5.24. The van der Waals surface area contributed by atoms with Gasteiger partial charge >= 0.3 is 0 Å². The molecule has 0 saturated carbocycles. The Morgan fingerprint density at radius 2 is 2.26 bits per heavy atom. The summed E-state index contributed by atoms with van der Waals surface area (Å²) in [5, 5.41) is 7.44. The van der Waals surface area contributed by atoms with E-state index in [2.05, 4.69) is 27.4 Å². The Morgan fingerprint density at radius 3 is 2.95 bits per heavy atom. The van der Waals surface area contributed by atoms with Crippen molar-refractivity contribution in [2.45, 2.75) is 45.7 Å². The molecule has 4 heteroatoms. The first-order valence-electron chi connectivity index (χ1n) is 6.96. The molecule has 0 spiro atoms. The normalized spacial score (nSPS) is 18.6. The first kappa shape index (κ1) is 12.5. The van der Waals surface area contributed by atoms with Crippen molar-refractivity contribution >= 4 is 0 Å². The van der Waals surface area contributed by atoms with Crippen molar-refractivity contribution < 1.29 is 4.52 Å². The SMILES string of the molecule is CNC1CCCc2cn(Cc3c(C)noc3C)cc21. The van der Waals surface area contributed by atoms with Crippen LogP contribution < -0.4 is 5.32 Å². The molecule has 0 aliphatic heterocycles. The summed E-state index contributed by atoms with van der Waals surface area (Å²) in [4.78, 5) is 0. The fraction of sp³-hybridized carbons (Fsp3) is 0.533. The second kappa shape index (κ2) is 4.85. The van der Waals surface area contributed by atoms with E-state index < -0.39 is 0 Å². The molecule has 1 aliphatic rings. The summed E-state index contributed by atoms with van der Waals surface area (Å²) < 4.78 is 7.51. The Labute approximate surface area is 113 Å². The van der Waals surface area contributed by atoms with Crippen LogP contribution in [0.15, 0.2) is 16.9 Å². The summed E-state index contributed by atoms with van der Waals surface area (Å²) in [5.41, 5.74) is 5.14. The third-order valence-electron chi connectivity index (χ3n) is 4.18. The van der Waals surface area contributed by atoms with Gasteiger partial charge in [0.1, 0.15) is 5.76 Å². The van der Waals surface area contributed by atoms with E-state index in [1.54, 1.807) is 0 Å². The Morgan fingerprint density at radius 1 is 1.42 bits per heavy atom. The Bertz CT molecular complexity index is 563. The van der Waals surface area contributed by atoms with Crippen LogP contribution in [0, 0.1) is 13.8 Å². The molecular formula is C15H21N3O. The number of hydrogen-bond acceptors (Lipinski definition) is 3. The molecule has 1 aliphatic carbocycles. The van der Waals surface area contributed by atoms with Crippen LogP contribution in [0.1, 0.15) is 47.0 Å². The molecule has 0 fully saturated rings. The van der Waals surface area contributed by atoms with Crippen LogP contribution in [-0.4, -0.2) is 16.8 Å². The van der Waals surface area contributed by atoms with Gasteiger partial charge in [0.15, 0.2) is 0 Å². The number of hydrogen-bond donors (Lipinski definition) is 1. The quantitative estimate of drug-likeness (QED) is 0.921. The zero-order valence-electron chi connectivity index (χ0n) is 11.9. The molecule has 2 aromatic rings. The second-order valence-electron chi connectivity index (χ2n) is 5.45. The van der Waals surface area contributed by atoms with Crippen molar-refractivity contribution in [3.8, 4) is 0 Å². The van der Waals surface area contributed by atoms with Gasteiger partial charge in [-0.25, -0.2) is 0 Å². The van der Waals surface area contributed by atoms with E-state index in [1.165, 1.54) is 36.0 Å². The van der Waals surface area contributed by atoms with Gasteiger partial charge in [-0.2, -0.15) is 0 Å². The molecule has 1 unspecified atom stereocenters. The van der Waals surface area contributed by atoms with E-state index in [1.807, 2.05) is 20.9 Å². The van der Waals surface area contributed by atoms with E-state index in [-0.39, 0.29) is 0 Å². The first-order chi connectivity index (χ1) is 9.19. The van der Waals surface area contributed by atoms with Gasteiger partial charge in [-0.05, 0) is 51.3 Å². The van der Waals surface area contributed by atoms with Crippen molar-refractivity contribution in [1.82, 2.24) is 15.0 Å². The van der Waals surface area contributed by atoms with Crippen molar-refractivity contribution in [2.24, 2.45) is 0 Å². The van der Waals surface area contributed by atoms with Gasteiger partial charge in [-0.1, -0.05) is 5.16 Å². The zero-order chi connectivity index (χ0) is 13.4. The van der Waals surface area contributed by atoms with E-state index >= 15 is 0 Å². The lowest BCUT2D eigenvalue weighted by molar-refractivity contribution is 0.392. The summed E-state index contributed by atoms with van der Waals surface area (Å²) in [6.07, 6.45) is 8.26. The number of fused-ring (bicyclic) bond motifs is 1. The Kier molecular flexibility index (Phi) is 3.19. The number of aromatic nitrogens is 2. The maximum Gasteiger partial charge on any atom is 0.138 e. The van der Waals surface area contributed by atoms with Gasteiger partial charge < -0.3 is 14.4 Å². The largest absolute Gasteiger partial charge is 0.361 e. The van der Waals surface area contributed by atoms with E-state index in [9.17, 15) is 0 Å². The summed E-state index contributed by atoms with van der Waals surface area (Å²) in [6.45, 7) is 4.84. The minimum atomic E-state index is 0.509. The minimum absolute atomic E-state index is 0.509. The standard InChI is InChI=1S/C15H21N3O/c1-10-13(11(2)19-17-10)8-18-7-12-5-4-6-15(16-3)14(12)9-18/h7,9,15-16H,4-6,8H2,1-3H3. The van der Waals surface area contributed by atoms with Crippen LogP contribution in [0.3, 0.4) is 0 Å². The topological polar surface area (TPSA) is 43.0 Å². The van der Waals surface area contributed by atoms with Crippen LogP contribution >= 0.6 is 0 Å². The third-order valence-corrected chi connectivity index (χ3v) is 4.18. The predicted octanol–water partition coefficient (Wildman–Crippen LogP) is 2.74. The van der Waals surface area contributed by atoms with Gasteiger partial charge in [0.2, 0.25) is 0 Å². The third kappa shape index (κ3) is 2.21. The lowest BCUT2D eigenvalue weighted by atomic mass is 9.91. The van der Waals surface area contributed by atoms with Crippen LogP contribution in [0.4, 0.5) is 0 Å². The Balaban J connectivity index is 1.89. The molecule has 0 amide bonds. The molecule has 19 heavy (non-hydrogen) atoms. The second-order valence-corrected chi connectivity index (χ2v) is 5.45. The van der Waals surface area contributed by atoms with Gasteiger partial charge in [0.05, 0.1) is 12.2 Å². The summed E-state index contributed by atoms with van der Waals surface area (Å²) in [5.74, 6) is 0.925. The number of rotatable bonds is 3. The molecule has 0 radical (unpaired) electrons. The smallest absolute Gasteiger partial charge is 0.138 e. The van der Waals surface area contributed by atoms with Gasteiger partial charge in [-0.15, -0.1) is 0 Å². The highest BCUT2D eigenvalue weighted by atomic mass is 16.5. The summed E-state index contributed by atoms with van der Waals surface area (Å²) >= 11 is 0. The van der Waals surface area contributed by atoms with Crippen LogP contribution in [0.2, 0.25) is 0 Å². The molecule has 1 atom stereocenters. The van der Waals surface area contributed by atoms with Crippen LogP contribution in [0.25, 0.3) is 0 Å². The molecule has 4 nitrogen and oxygen atoms in total. The van der Waals surface area contributed by atoms with E-state index in [0.717, 1.165) is 18.0 Å². The lowest BCUT2D eigenvalue weighted by Crippen LogP contribution is -2.20. The average molecular weight is 259 g/mol. The molecule has 102 valence electrons. The van der Waals surface area contributed by atoms with Gasteiger partial charge in [0, 0.05) is 24.0 Å². The molecule has 0 bridgehead atoms. The zero-order valence-corrected chi connectivity index (χ0v) is 11.9. The summed E-state index contributed by atoms with van der Waals surface area (Å²) in [6, 6.07) is 0.509. The van der Waals surface area contributed by atoms with Gasteiger partial charge in [0.25, 0.3) is 0 Å². The molecule has 0 saturated heterocycles. The number of nitrogens with one attached hydrogen (secondary N) is 1. The fourth-order valence-corrected chi connectivity index (χ4v) is 3.05.